The molecular formula is C21H22S2. The van der Waals surface area contributed by atoms with E-state index >= 15 is 0 Å². The summed E-state index contributed by atoms with van der Waals surface area (Å²) in [6.45, 7) is 6.86. The van der Waals surface area contributed by atoms with Crippen molar-refractivity contribution in [3.05, 3.63) is 55.7 Å². The first-order valence-electron chi connectivity index (χ1n) is 8.75. The van der Waals surface area contributed by atoms with Crippen molar-refractivity contribution in [3.8, 4) is 0 Å². The van der Waals surface area contributed by atoms with E-state index in [1.165, 1.54) is 22.7 Å². The molecule has 118 valence electrons. The smallest absolute Gasteiger partial charge is 0.0447 e. The summed E-state index contributed by atoms with van der Waals surface area (Å²) in [5.41, 5.74) is 4.91. The summed E-state index contributed by atoms with van der Waals surface area (Å²) >= 11 is 4.14. The molecule has 5 rings (SSSR count). The lowest BCUT2D eigenvalue weighted by molar-refractivity contribution is 0.798. The number of allylic oxidation sites excluding steroid dienone is 4. The van der Waals surface area contributed by atoms with Crippen molar-refractivity contribution < 1.29 is 0 Å². The number of hydrogen-bond donors (Lipinski definition) is 0. The molecule has 2 aliphatic heterocycles. The highest BCUT2D eigenvalue weighted by molar-refractivity contribution is 8.04. The van der Waals surface area contributed by atoms with Crippen LogP contribution in [0.1, 0.15) is 55.9 Å². The maximum Gasteiger partial charge on any atom is 0.0447 e. The lowest BCUT2D eigenvalue weighted by atomic mass is 9.95. The second kappa shape index (κ2) is 5.07. The van der Waals surface area contributed by atoms with Crippen LogP contribution >= 0.6 is 23.5 Å². The molecule has 0 bridgehead atoms. The fraction of sp³-hybridized carbons (Fsp3) is 0.429. The highest BCUT2D eigenvalue weighted by atomic mass is 32.2. The Hall–Kier alpha value is -0.860. The van der Waals surface area contributed by atoms with Gasteiger partial charge in [-0.25, -0.2) is 0 Å². The third-order valence-corrected chi connectivity index (χ3v) is 8.21. The van der Waals surface area contributed by atoms with Gasteiger partial charge in [-0.1, -0.05) is 49.3 Å². The Bertz CT molecular complexity index is 887. The minimum Gasteiger partial charge on any atom is -0.123 e. The fourth-order valence-corrected chi connectivity index (χ4v) is 7.45. The summed E-state index contributed by atoms with van der Waals surface area (Å²) in [7, 11) is 0. The Kier molecular flexibility index (Phi) is 3.19. The molecule has 0 spiro atoms. The van der Waals surface area contributed by atoms with Crippen LogP contribution < -0.4 is 10.4 Å². The second-order valence-corrected chi connectivity index (χ2v) is 10.0. The zero-order valence-corrected chi connectivity index (χ0v) is 15.6. The van der Waals surface area contributed by atoms with Gasteiger partial charge < -0.3 is 0 Å². The van der Waals surface area contributed by atoms with E-state index in [4.69, 9.17) is 0 Å². The van der Waals surface area contributed by atoms with Crippen molar-refractivity contribution in [2.75, 3.05) is 0 Å². The van der Waals surface area contributed by atoms with E-state index in [0.29, 0.717) is 22.3 Å². The van der Waals surface area contributed by atoms with E-state index in [9.17, 15) is 0 Å². The van der Waals surface area contributed by atoms with E-state index in [1.54, 1.807) is 27.1 Å². The van der Waals surface area contributed by atoms with Gasteiger partial charge in [0.1, 0.15) is 0 Å². The summed E-state index contributed by atoms with van der Waals surface area (Å²) < 4.78 is 0. The molecule has 2 aliphatic carbocycles. The number of rotatable bonds is 2. The molecule has 4 atom stereocenters. The van der Waals surface area contributed by atoms with Crippen LogP contribution in [0.15, 0.2) is 34.1 Å². The molecule has 0 radical (unpaired) electrons. The number of thioether (sulfide) groups is 2. The van der Waals surface area contributed by atoms with Gasteiger partial charge in [-0.15, -0.1) is 23.5 Å². The normalized spacial score (nSPS) is 32.9. The summed E-state index contributed by atoms with van der Waals surface area (Å²) in [6, 6.07) is 4.89. The van der Waals surface area contributed by atoms with Gasteiger partial charge in [0.15, 0.2) is 0 Å². The maximum atomic E-state index is 2.58. The average Bonchev–Trinajstić information content (AvgIpc) is 3.20. The van der Waals surface area contributed by atoms with E-state index in [1.807, 2.05) is 0 Å². The molecule has 0 nitrogen and oxygen atoms in total. The van der Waals surface area contributed by atoms with E-state index in [2.05, 4.69) is 74.7 Å². The predicted molar refractivity (Wildman–Crippen MR) is 104 cm³/mol. The van der Waals surface area contributed by atoms with Crippen molar-refractivity contribution in [3.63, 3.8) is 0 Å². The zero-order chi connectivity index (χ0) is 15.7. The maximum absolute atomic E-state index is 2.58. The molecule has 2 heteroatoms. The molecule has 0 N–H and O–H groups in total. The summed E-state index contributed by atoms with van der Waals surface area (Å²) in [5, 5.41) is 4.51. The van der Waals surface area contributed by atoms with Crippen molar-refractivity contribution >= 4 is 35.2 Å². The molecule has 4 unspecified atom stereocenters. The lowest BCUT2D eigenvalue weighted by Gasteiger charge is -2.13. The first-order valence-corrected chi connectivity index (χ1v) is 10.5. The quantitative estimate of drug-likeness (QED) is 0.755. The van der Waals surface area contributed by atoms with E-state index in [-0.39, 0.29) is 0 Å². The Labute approximate surface area is 146 Å². The van der Waals surface area contributed by atoms with Crippen molar-refractivity contribution in [2.45, 2.75) is 50.0 Å². The minimum absolute atomic E-state index is 0.619. The number of fused-ring (bicyclic) bond motifs is 7. The summed E-state index contributed by atoms with van der Waals surface area (Å²) in [4.78, 5) is 3.00. The first-order chi connectivity index (χ1) is 11.2. The lowest BCUT2D eigenvalue weighted by Crippen LogP contribution is -2.30. The number of hydrogen-bond acceptors (Lipinski definition) is 2. The summed E-state index contributed by atoms with van der Waals surface area (Å²) in [5.74, 6) is 1.27. The van der Waals surface area contributed by atoms with Crippen LogP contribution in [0.3, 0.4) is 0 Å². The van der Waals surface area contributed by atoms with Gasteiger partial charge >= 0.3 is 0 Å². The number of benzene rings is 1. The van der Waals surface area contributed by atoms with Crippen LogP contribution in [0.2, 0.25) is 0 Å². The minimum atomic E-state index is 0.619. The van der Waals surface area contributed by atoms with Crippen LogP contribution in [0, 0.1) is 5.92 Å². The molecule has 4 aliphatic rings. The van der Waals surface area contributed by atoms with E-state index in [0.717, 1.165) is 0 Å². The SMILES string of the molecule is CCCC1=c2c(ccc3c2=CC2SC(C)=CC32)C2SC(C)=CC12. The molecule has 0 amide bonds. The van der Waals surface area contributed by atoms with Gasteiger partial charge in [0, 0.05) is 22.3 Å². The highest BCUT2D eigenvalue weighted by Gasteiger charge is 2.39. The molecular weight excluding hydrogens is 316 g/mol. The molecule has 1 aromatic carbocycles. The van der Waals surface area contributed by atoms with Crippen LogP contribution in [-0.4, -0.2) is 5.25 Å². The standard InChI is InChI=1S/C21H22S2/c1-4-5-14-18-9-12(3)23-21(18)15-7-6-13-16-8-11(2)22-19(16)10-17(13)20(14)15/h6-10,16,18-19,21H,4-5H2,1-3H3. The van der Waals surface area contributed by atoms with Gasteiger partial charge in [-0.05, 0) is 51.6 Å². The average molecular weight is 339 g/mol. The molecule has 0 saturated heterocycles. The highest BCUT2D eigenvalue weighted by Crippen LogP contribution is 2.53. The molecule has 0 aromatic heterocycles. The molecule has 0 fully saturated rings. The molecule has 1 aromatic rings. The summed E-state index contributed by atoms with van der Waals surface area (Å²) in [6.07, 6.45) is 10.1. The Morgan fingerprint density at radius 1 is 0.913 bits per heavy atom. The monoisotopic (exact) mass is 338 g/mol. The van der Waals surface area contributed by atoms with Gasteiger partial charge in [-0.3, -0.25) is 0 Å². The Balaban J connectivity index is 1.78. The molecule has 0 saturated carbocycles. The van der Waals surface area contributed by atoms with Gasteiger partial charge in [0.25, 0.3) is 0 Å². The van der Waals surface area contributed by atoms with Crippen molar-refractivity contribution in [1.29, 1.82) is 0 Å². The predicted octanol–water partition coefficient (Wildman–Crippen LogP) is 4.86. The third kappa shape index (κ3) is 1.94. The fourth-order valence-electron chi connectivity index (χ4n) is 4.88. The van der Waals surface area contributed by atoms with Crippen molar-refractivity contribution in [2.24, 2.45) is 5.92 Å². The van der Waals surface area contributed by atoms with Crippen LogP contribution in [0.5, 0.6) is 0 Å². The Morgan fingerprint density at radius 2 is 1.65 bits per heavy atom. The van der Waals surface area contributed by atoms with Crippen molar-refractivity contribution in [1.82, 2.24) is 0 Å². The van der Waals surface area contributed by atoms with Gasteiger partial charge in [0.2, 0.25) is 0 Å². The Morgan fingerprint density at radius 3 is 2.48 bits per heavy atom. The molecule has 2 heterocycles. The zero-order valence-electron chi connectivity index (χ0n) is 13.9. The van der Waals surface area contributed by atoms with Gasteiger partial charge in [0.05, 0.1) is 0 Å². The largest absolute Gasteiger partial charge is 0.123 e. The first kappa shape index (κ1) is 14.5. The third-order valence-electron chi connectivity index (χ3n) is 5.69. The molecule has 23 heavy (non-hydrogen) atoms. The van der Waals surface area contributed by atoms with Gasteiger partial charge in [-0.2, -0.15) is 0 Å². The van der Waals surface area contributed by atoms with Crippen LogP contribution in [-0.2, 0) is 0 Å². The van der Waals surface area contributed by atoms with Crippen LogP contribution in [0.25, 0.3) is 11.6 Å². The topological polar surface area (TPSA) is 0 Å². The second-order valence-electron chi connectivity index (χ2n) is 7.20. The van der Waals surface area contributed by atoms with E-state index < -0.39 is 0 Å². The van der Waals surface area contributed by atoms with Crippen LogP contribution in [0.4, 0.5) is 0 Å².